The molecule has 0 radical (unpaired) electrons. The molecule has 0 aliphatic heterocycles. The van der Waals surface area contributed by atoms with Gasteiger partial charge >= 0.3 is 5.97 Å². The van der Waals surface area contributed by atoms with Gasteiger partial charge in [-0.1, -0.05) is 11.3 Å². The van der Waals surface area contributed by atoms with Gasteiger partial charge in [-0.2, -0.15) is 0 Å². The summed E-state index contributed by atoms with van der Waals surface area (Å²) in [5, 5.41) is 9.41. The molecule has 2 heterocycles. The van der Waals surface area contributed by atoms with E-state index in [2.05, 4.69) is 15.2 Å². The van der Waals surface area contributed by atoms with Crippen LogP contribution in [0, 0.1) is 0 Å². The van der Waals surface area contributed by atoms with Gasteiger partial charge in [-0.25, -0.2) is 9.78 Å². The summed E-state index contributed by atoms with van der Waals surface area (Å²) in [6.07, 6.45) is 1.53. The lowest BCUT2D eigenvalue weighted by Gasteiger charge is -2.07. The third-order valence-electron chi connectivity index (χ3n) is 2.41. The molecule has 2 aromatic rings. The zero-order valence-corrected chi connectivity index (χ0v) is 13.5. The average Bonchev–Trinajstić information content (AvgIpc) is 2.90. The highest BCUT2D eigenvalue weighted by atomic mass is 32.2. The van der Waals surface area contributed by atoms with Crippen molar-refractivity contribution in [2.75, 3.05) is 31.3 Å². The minimum atomic E-state index is -0.453. The Bertz CT molecular complexity index is 644. The lowest BCUT2D eigenvalue weighted by molar-refractivity contribution is 0.0527. The fourth-order valence-electron chi connectivity index (χ4n) is 1.43. The normalized spacial score (nSPS) is 10.4. The molecule has 0 amide bonds. The topological polar surface area (TPSA) is 94.2 Å². The molecule has 0 aliphatic carbocycles. The lowest BCUT2D eigenvalue weighted by atomic mass is 10.2. The number of esters is 1. The molecule has 21 heavy (non-hydrogen) atoms. The first kappa shape index (κ1) is 15.5. The standard InChI is InChI=1S/C12H15N5O2S2/c1-4-19-10(18)7-5-6-14-9(8(7)13)20-12-16-15-11(21-12)17(2)3/h5-6H,4,13H2,1-3H3. The summed E-state index contributed by atoms with van der Waals surface area (Å²) in [5.74, 6) is -0.453. The van der Waals surface area contributed by atoms with E-state index in [1.165, 1.54) is 29.3 Å². The number of pyridine rings is 1. The van der Waals surface area contributed by atoms with Gasteiger partial charge in [-0.15, -0.1) is 10.2 Å². The third-order valence-corrected chi connectivity index (χ3v) is 4.57. The zero-order chi connectivity index (χ0) is 15.4. The van der Waals surface area contributed by atoms with Crippen LogP contribution in [0.2, 0.25) is 0 Å². The molecule has 0 unspecified atom stereocenters. The van der Waals surface area contributed by atoms with Crippen LogP contribution in [0.3, 0.4) is 0 Å². The SMILES string of the molecule is CCOC(=O)c1ccnc(Sc2nnc(N(C)C)s2)c1N. The zero-order valence-electron chi connectivity index (χ0n) is 11.9. The third kappa shape index (κ3) is 3.61. The molecule has 0 saturated heterocycles. The maximum Gasteiger partial charge on any atom is 0.340 e. The second-order valence-corrected chi connectivity index (χ2v) is 6.34. The van der Waals surface area contributed by atoms with Crippen LogP contribution >= 0.6 is 23.1 Å². The Hall–Kier alpha value is -1.87. The molecule has 0 fully saturated rings. The van der Waals surface area contributed by atoms with E-state index >= 15 is 0 Å². The highest BCUT2D eigenvalue weighted by molar-refractivity contribution is 8.01. The van der Waals surface area contributed by atoms with E-state index in [0.717, 1.165) is 5.13 Å². The molecule has 0 saturated carbocycles. The van der Waals surface area contributed by atoms with Crippen LogP contribution in [-0.4, -0.2) is 41.9 Å². The van der Waals surface area contributed by atoms with Crippen LogP contribution < -0.4 is 10.6 Å². The fourth-order valence-corrected chi connectivity index (χ4v) is 3.14. The fraction of sp³-hybridized carbons (Fsp3) is 0.333. The highest BCUT2D eigenvalue weighted by Gasteiger charge is 2.17. The van der Waals surface area contributed by atoms with Crippen LogP contribution in [0.15, 0.2) is 21.6 Å². The summed E-state index contributed by atoms with van der Waals surface area (Å²) in [6, 6.07) is 1.54. The quantitative estimate of drug-likeness (QED) is 0.833. The van der Waals surface area contributed by atoms with E-state index in [-0.39, 0.29) is 0 Å². The number of ether oxygens (including phenoxy) is 1. The molecule has 2 aromatic heterocycles. The van der Waals surface area contributed by atoms with Gasteiger partial charge in [0.25, 0.3) is 0 Å². The summed E-state index contributed by atoms with van der Waals surface area (Å²) in [7, 11) is 3.78. The summed E-state index contributed by atoms with van der Waals surface area (Å²) < 4.78 is 5.67. The van der Waals surface area contributed by atoms with E-state index in [1.807, 2.05) is 19.0 Å². The molecule has 9 heteroatoms. The summed E-state index contributed by atoms with van der Waals surface area (Å²) in [5.41, 5.74) is 6.60. The number of anilines is 2. The number of hydrogen-bond acceptors (Lipinski definition) is 9. The molecule has 112 valence electrons. The molecule has 2 N–H and O–H groups in total. The van der Waals surface area contributed by atoms with E-state index in [0.29, 0.717) is 27.2 Å². The van der Waals surface area contributed by atoms with Crippen LogP contribution in [-0.2, 0) is 4.74 Å². The number of nitrogen functional groups attached to an aromatic ring is 1. The van der Waals surface area contributed by atoms with Crippen molar-refractivity contribution in [1.29, 1.82) is 0 Å². The number of carbonyl (C=O) groups is 1. The molecule has 0 atom stereocenters. The second kappa shape index (κ2) is 6.72. The first-order chi connectivity index (χ1) is 10.0. The lowest BCUT2D eigenvalue weighted by Crippen LogP contribution is -2.09. The Kier molecular flexibility index (Phi) is 4.97. The summed E-state index contributed by atoms with van der Waals surface area (Å²) in [6.45, 7) is 2.04. The predicted octanol–water partition coefficient (Wildman–Crippen LogP) is 1.91. The molecule has 2 rings (SSSR count). The van der Waals surface area contributed by atoms with Gasteiger partial charge in [-0.3, -0.25) is 0 Å². The predicted molar refractivity (Wildman–Crippen MR) is 83.0 cm³/mol. The second-order valence-electron chi connectivity index (χ2n) is 4.14. The average molecular weight is 325 g/mol. The van der Waals surface area contributed by atoms with Crippen molar-refractivity contribution in [1.82, 2.24) is 15.2 Å². The number of carbonyl (C=O) groups excluding carboxylic acids is 1. The van der Waals surface area contributed by atoms with Crippen LogP contribution in [0.4, 0.5) is 10.8 Å². The maximum absolute atomic E-state index is 11.8. The molecule has 7 nitrogen and oxygen atoms in total. The van der Waals surface area contributed by atoms with Gasteiger partial charge in [0.2, 0.25) is 5.13 Å². The van der Waals surface area contributed by atoms with Crippen molar-refractivity contribution >= 4 is 39.9 Å². The smallest absolute Gasteiger partial charge is 0.340 e. The van der Waals surface area contributed by atoms with Crippen molar-refractivity contribution in [2.45, 2.75) is 16.3 Å². The number of rotatable bonds is 5. The minimum absolute atomic E-state index is 0.294. The Morgan fingerprint density at radius 3 is 2.86 bits per heavy atom. The highest BCUT2D eigenvalue weighted by Crippen LogP contribution is 2.35. The van der Waals surface area contributed by atoms with Crippen LogP contribution in [0.1, 0.15) is 17.3 Å². The Morgan fingerprint density at radius 2 is 2.24 bits per heavy atom. The molecular formula is C12H15N5O2S2. The maximum atomic E-state index is 11.8. The molecular weight excluding hydrogens is 310 g/mol. The van der Waals surface area contributed by atoms with E-state index in [1.54, 1.807) is 13.0 Å². The number of aromatic nitrogens is 3. The summed E-state index contributed by atoms with van der Waals surface area (Å²) >= 11 is 2.70. The number of nitrogens with zero attached hydrogens (tertiary/aromatic N) is 4. The van der Waals surface area contributed by atoms with Crippen LogP contribution in [0.25, 0.3) is 0 Å². The number of nitrogens with two attached hydrogens (primary N) is 1. The molecule has 0 aromatic carbocycles. The Morgan fingerprint density at radius 1 is 1.48 bits per heavy atom. The monoisotopic (exact) mass is 325 g/mol. The largest absolute Gasteiger partial charge is 0.462 e. The van der Waals surface area contributed by atoms with Gasteiger partial charge in [-0.05, 0) is 24.8 Å². The van der Waals surface area contributed by atoms with Gasteiger partial charge in [0.05, 0.1) is 17.9 Å². The van der Waals surface area contributed by atoms with Crippen molar-refractivity contribution in [2.24, 2.45) is 0 Å². The van der Waals surface area contributed by atoms with Crippen molar-refractivity contribution in [3.05, 3.63) is 17.8 Å². The first-order valence-corrected chi connectivity index (χ1v) is 7.76. The Balaban J connectivity index is 2.23. The summed E-state index contributed by atoms with van der Waals surface area (Å²) in [4.78, 5) is 17.8. The van der Waals surface area contributed by atoms with Gasteiger partial charge in [0.15, 0.2) is 4.34 Å². The molecule has 0 spiro atoms. The molecule has 0 aliphatic rings. The van der Waals surface area contributed by atoms with Crippen LogP contribution in [0.5, 0.6) is 0 Å². The molecule has 0 bridgehead atoms. The van der Waals surface area contributed by atoms with Gasteiger partial charge < -0.3 is 15.4 Å². The van der Waals surface area contributed by atoms with E-state index in [9.17, 15) is 4.79 Å². The van der Waals surface area contributed by atoms with Gasteiger partial charge in [0.1, 0.15) is 5.03 Å². The van der Waals surface area contributed by atoms with E-state index < -0.39 is 5.97 Å². The minimum Gasteiger partial charge on any atom is -0.462 e. The van der Waals surface area contributed by atoms with Gasteiger partial charge in [0, 0.05) is 20.3 Å². The van der Waals surface area contributed by atoms with Crippen molar-refractivity contribution in [3.63, 3.8) is 0 Å². The Labute approximate surface area is 130 Å². The first-order valence-electron chi connectivity index (χ1n) is 6.13. The van der Waals surface area contributed by atoms with Crippen molar-refractivity contribution in [3.8, 4) is 0 Å². The number of hydrogen-bond donors (Lipinski definition) is 1. The van der Waals surface area contributed by atoms with Crippen molar-refractivity contribution < 1.29 is 9.53 Å². The van der Waals surface area contributed by atoms with E-state index in [4.69, 9.17) is 10.5 Å².